The van der Waals surface area contributed by atoms with Crippen LogP contribution in [0.25, 0.3) is 10.8 Å². The molecule has 2 saturated heterocycles. The number of ether oxygens (including phenoxy) is 2. The molecule has 0 bridgehead atoms. The number of amides is 1. The maximum Gasteiger partial charge on any atom is 0.221 e. The number of pyridine rings is 1. The van der Waals surface area contributed by atoms with Gasteiger partial charge in [-0.15, -0.1) is 0 Å². The molecule has 0 saturated carbocycles. The quantitative estimate of drug-likeness (QED) is 0.244. The summed E-state index contributed by atoms with van der Waals surface area (Å²) in [6.07, 6.45) is 3.76. The average molecular weight is 641 g/mol. The highest BCUT2D eigenvalue weighted by Gasteiger charge is 2.38. The van der Waals surface area contributed by atoms with Gasteiger partial charge in [-0.1, -0.05) is 43.1 Å². The Kier molecular flexibility index (Phi) is 11.3. The van der Waals surface area contributed by atoms with Crippen molar-refractivity contribution in [1.29, 1.82) is 0 Å². The van der Waals surface area contributed by atoms with Crippen LogP contribution in [0.3, 0.4) is 0 Å². The summed E-state index contributed by atoms with van der Waals surface area (Å²) < 4.78 is 28.4. The molecule has 2 N–H and O–H groups in total. The van der Waals surface area contributed by atoms with Crippen molar-refractivity contribution in [1.82, 2.24) is 14.8 Å². The van der Waals surface area contributed by atoms with Crippen LogP contribution in [0.5, 0.6) is 5.88 Å². The molecule has 1 amide bonds. The number of hydrogen-bond acceptors (Lipinski definition) is 6. The number of nitrogens with two attached hydrogens (primary N) is 1. The summed E-state index contributed by atoms with van der Waals surface area (Å²) >= 11 is 6.90. The molecule has 0 radical (unpaired) electrons. The van der Waals surface area contributed by atoms with Crippen molar-refractivity contribution in [2.75, 3.05) is 73.2 Å². The lowest BCUT2D eigenvalue weighted by Gasteiger charge is -2.38. The number of primary amides is 1. The zero-order valence-corrected chi connectivity index (χ0v) is 27.7. The number of halogens is 2. The van der Waals surface area contributed by atoms with Gasteiger partial charge in [-0.05, 0) is 61.0 Å². The van der Waals surface area contributed by atoms with Crippen molar-refractivity contribution in [3.63, 3.8) is 0 Å². The molecule has 2 atom stereocenters. The molecule has 0 spiro atoms. The fourth-order valence-electron chi connectivity index (χ4n) is 6.52. The molecule has 2 unspecified atom stereocenters. The first kappa shape index (κ1) is 33.5. The second-order valence-electron chi connectivity index (χ2n) is 13.2. The molecule has 244 valence electrons. The number of aryl methyl sites for hydroxylation is 1. The van der Waals surface area contributed by atoms with Crippen molar-refractivity contribution in [2.45, 2.75) is 45.2 Å². The number of fused-ring (bicyclic) bond motifs is 1. The van der Waals surface area contributed by atoms with Crippen LogP contribution in [0.1, 0.15) is 49.0 Å². The molecule has 2 aliphatic heterocycles. The number of likely N-dealkylation sites (tertiary alicyclic amines) is 1. The molecule has 3 heterocycles. The van der Waals surface area contributed by atoms with Gasteiger partial charge < -0.3 is 19.7 Å². The number of likely N-dealkylation sites (N-methyl/N-ethyl adjacent to an activating group) is 1. The highest BCUT2D eigenvalue weighted by molar-refractivity contribution is 6.31. The molecular formula is C35H48ClFN5O3+. The van der Waals surface area contributed by atoms with E-state index in [1.807, 2.05) is 24.3 Å². The Morgan fingerprint density at radius 1 is 1.20 bits per heavy atom. The van der Waals surface area contributed by atoms with Crippen LogP contribution in [-0.4, -0.2) is 98.4 Å². The average Bonchev–Trinajstić information content (AvgIpc) is 3.50. The van der Waals surface area contributed by atoms with Crippen LogP contribution < -0.4 is 10.5 Å². The third-order valence-corrected chi connectivity index (χ3v) is 9.50. The van der Waals surface area contributed by atoms with Gasteiger partial charge in [-0.25, -0.2) is 9.37 Å². The maximum atomic E-state index is 16.1. The number of aromatic nitrogens is 1. The third-order valence-electron chi connectivity index (χ3n) is 9.19. The molecule has 2 aliphatic rings. The number of morpholine rings is 1. The summed E-state index contributed by atoms with van der Waals surface area (Å²) in [7, 11) is 4.25. The molecule has 45 heavy (non-hydrogen) atoms. The van der Waals surface area contributed by atoms with E-state index in [4.69, 9.17) is 31.8 Å². The third kappa shape index (κ3) is 8.71. The highest BCUT2D eigenvalue weighted by atomic mass is 35.5. The van der Waals surface area contributed by atoms with Gasteiger partial charge in [-0.3, -0.25) is 14.6 Å². The lowest BCUT2D eigenvalue weighted by Crippen LogP contribution is -2.49. The zero-order valence-electron chi connectivity index (χ0n) is 26.9. The van der Waals surface area contributed by atoms with E-state index in [0.717, 1.165) is 54.4 Å². The number of unbranched alkanes of at least 4 members (excludes halogenated alkanes) is 1. The highest BCUT2D eigenvalue weighted by Crippen LogP contribution is 2.36. The molecule has 5 rings (SSSR count). The van der Waals surface area contributed by atoms with Crippen LogP contribution in [0.2, 0.25) is 5.02 Å². The van der Waals surface area contributed by atoms with Gasteiger partial charge in [0.05, 0.1) is 45.8 Å². The number of carbonyl (C=O) groups excluding carboxylic acids is 1. The molecule has 8 nitrogen and oxygen atoms in total. The molecule has 10 heteroatoms. The fraction of sp³-hybridized carbons (Fsp3) is 0.543. The Hall–Kier alpha value is -2.82. The van der Waals surface area contributed by atoms with E-state index in [1.165, 1.54) is 0 Å². The van der Waals surface area contributed by atoms with Crippen molar-refractivity contribution in [2.24, 2.45) is 11.7 Å². The normalized spacial score (nSPS) is 18.8. The standard InChI is InChI=1S/C35H47ClFN5O3/c1-4-5-9-28-21-26-8-6-7-10-29(26)35(39-28)45-18-15-42(2,3)24-32(41-12-11-27(23-41)34(38)43)33-30(36)19-25(20-31(33)37)22-40-13-16-44-17-14-40/h6-8,10,19-21,27,32H,4-5,9,11-18,22-24H2,1-3H3,(H-,38,43)/p+1. The predicted octanol–water partition coefficient (Wildman–Crippen LogP) is 5.21. The smallest absolute Gasteiger partial charge is 0.221 e. The number of hydrogen-bond donors (Lipinski definition) is 1. The van der Waals surface area contributed by atoms with Crippen LogP contribution in [-0.2, 0) is 22.5 Å². The van der Waals surface area contributed by atoms with Gasteiger partial charge >= 0.3 is 0 Å². The zero-order chi connectivity index (χ0) is 32.0. The summed E-state index contributed by atoms with van der Waals surface area (Å²) in [6.45, 7) is 8.64. The van der Waals surface area contributed by atoms with Gasteiger partial charge in [0.1, 0.15) is 19.0 Å². The lowest BCUT2D eigenvalue weighted by molar-refractivity contribution is -0.893. The first-order valence-electron chi connectivity index (χ1n) is 16.3. The number of rotatable bonds is 14. The minimum atomic E-state index is -0.328. The van der Waals surface area contributed by atoms with Gasteiger partial charge in [0.2, 0.25) is 11.8 Å². The number of quaternary nitrogens is 1. The van der Waals surface area contributed by atoms with E-state index in [9.17, 15) is 4.79 Å². The van der Waals surface area contributed by atoms with E-state index >= 15 is 4.39 Å². The van der Waals surface area contributed by atoms with Gasteiger partial charge in [0, 0.05) is 47.8 Å². The van der Waals surface area contributed by atoms with E-state index in [0.29, 0.717) is 79.9 Å². The summed E-state index contributed by atoms with van der Waals surface area (Å²) in [4.78, 5) is 21.4. The number of nitrogens with zero attached hydrogens (tertiary/aromatic N) is 4. The summed E-state index contributed by atoms with van der Waals surface area (Å²) in [5.41, 5.74) is 8.06. The van der Waals surface area contributed by atoms with Gasteiger partial charge in [0.25, 0.3) is 0 Å². The minimum absolute atomic E-state index is 0.256. The first-order valence-corrected chi connectivity index (χ1v) is 16.7. The summed E-state index contributed by atoms with van der Waals surface area (Å²) in [5.74, 6) is -0.224. The van der Waals surface area contributed by atoms with E-state index < -0.39 is 0 Å². The lowest BCUT2D eigenvalue weighted by atomic mass is 10.0. The Labute approximate surface area is 271 Å². The van der Waals surface area contributed by atoms with Crippen molar-refractivity contribution >= 4 is 28.3 Å². The van der Waals surface area contributed by atoms with Crippen LogP contribution in [0.4, 0.5) is 4.39 Å². The predicted molar refractivity (Wildman–Crippen MR) is 177 cm³/mol. The molecule has 2 aromatic carbocycles. The topological polar surface area (TPSA) is 80.9 Å². The van der Waals surface area contributed by atoms with Crippen LogP contribution in [0, 0.1) is 11.7 Å². The first-order chi connectivity index (χ1) is 21.6. The largest absolute Gasteiger partial charge is 0.471 e. The number of carbonyl (C=O) groups is 1. The van der Waals surface area contributed by atoms with E-state index in [2.05, 4.69) is 43.0 Å². The Bertz CT molecular complexity index is 1440. The Morgan fingerprint density at radius 2 is 1.98 bits per heavy atom. The monoisotopic (exact) mass is 640 g/mol. The molecular weight excluding hydrogens is 593 g/mol. The number of benzene rings is 2. The molecule has 0 aliphatic carbocycles. The maximum absolute atomic E-state index is 16.1. The molecule has 1 aromatic heterocycles. The Morgan fingerprint density at radius 3 is 2.69 bits per heavy atom. The molecule has 3 aromatic rings. The SMILES string of the molecule is CCCCc1cc2ccccc2c(OCC[N+](C)(C)CC(c2c(F)cc(CN3CCOCC3)cc2Cl)N2CCC(C(N)=O)C2)n1. The van der Waals surface area contributed by atoms with Gasteiger partial charge in [-0.2, -0.15) is 0 Å². The van der Waals surface area contributed by atoms with E-state index in [1.54, 1.807) is 6.07 Å². The summed E-state index contributed by atoms with van der Waals surface area (Å²) in [6, 6.07) is 13.5. The van der Waals surface area contributed by atoms with Crippen LogP contribution in [0.15, 0.2) is 42.5 Å². The van der Waals surface area contributed by atoms with Crippen LogP contribution >= 0.6 is 11.6 Å². The second-order valence-corrected chi connectivity index (χ2v) is 13.6. The van der Waals surface area contributed by atoms with Crippen molar-refractivity contribution in [3.8, 4) is 5.88 Å². The van der Waals surface area contributed by atoms with Crippen molar-refractivity contribution < 1.29 is 23.1 Å². The Balaban J connectivity index is 1.34. The summed E-state index contributed by atoms with van der Waals surface area (Å²) in [5, 5.41) is 2.55. The minimum Gasteiger partial charge on any atom is -0.471 e. The second kappa shape index (κ2) is 15.2. The fourth-order valence-corrected chi connectivity index (χ4v) is 6.88. The van der Waals surface area contributed by atoms with E-state index in [-0.39, 0.29) is 23.7 Å². The van der Waals surface area contributed by atoms with Gasteiger partial charge in [0.15, 0.2) is 0 Å². The molecule has 2 fully saturated rings. The van der Waals surface area contributed by atoms with Crippen molar-refractivity contribution in [3.05, 3.63) is 70.1 Å².